The number of hydrogen-bond donors (Lipinski definition) is 0. The summed E-state index contributed by atoms with van der Waals surface area (Å²) in [5.41, 5.74) is 9.13. The molecule has 9 aromatic rings. The van der Waals surface area contributed by atoms with Gasteiger partial charge in [-0.1, -0.05) is 146 Å². The van der Waals surface area contributed by atoms with Crippen molar-refractivity contribution in [1.82, 2.24) is 0 Å². The molecule has 1 heterocycles. The first-order valence-electron chi connectivity index (χ1n) is 14.8. The lowest BCUT2D eigenvalue weighted by atomic mass is 9.83. The standard InChI is InChI=1S/C42H26O/c1-2-13-27(14-3-1)30-17-6-7-18-31(30)40-32-19-8-10-21-34(32)41(35-22-11-9-20-33(35)40)37-24-12-23-36-38-25-28-15-4-5-16-29(28)26-39(38)43-42(36)37/h1-26H. The summed E-state index contributed by atoms with van der Waals surface area (Å²) in [5.74, 6) is 0. The third-order valence-electron chi connectivity index (χ3n) is 8.85. The fourth-order valence-corrected chi connectivity index (χ4v) is 6.96. The summed E-state index contributed by atoms with van der Waals surface area (Å²) < 4.78 is 6.74. The van der Waals surface area contributed by atoms with Gasteiger partial charge in [-0.3, -0.25) is 0 Å². The third-order valence-corrected chi connectivity index (χ3v) is 8.85. The van der Waals surface area contributed by atoms with E-state index in [1.807, 2.05) is 0 Å². The maximum absolute atomic E-state index is 6.74. The Balaban J connectivity index is 1.40. The molecule has 200 valence electrons. The number of rotatable bonds is 3. The highest BCUT2D eigenvalue weighted by atomic mass is 16.3. The number of hydrogen-bond acceptors (Lipinski definition) is 1. The van der Waals surface area contributed by atoms with Crippen LogP contribution in [-0.2, 0) is 0 Å². The molecule has 0 radical (unpaired) electrons. The minimum absolute atomic E-state index is 0.920. The summed E-state index contributed by atoms with van der Waals surface area (Å²) in [4.78, 5) is 0. The summed E-state index contributed by atoms with van der Waals surface area (Å²) in [6, 6.07) is 56.7. The second-order valence-corrected chi connectivity index (χ2v) is 11.2. The van der Waals surface area contributed by atoms with Gasteiger partial charge in [-0.2, -0.15) is 0 Å². The van der Waals surface area contributed by atoms with Gasteiger partial charge < -0.3 is 4.42 Å². The van der Waals surface area contributed by atoms with Gasteiger partial charge in [0.25, 0.3) is 0 Å². The van der Waals surface area contributed by atoms with Crippen molar-refractivity contribution in [2.45, 2.75) is 0 Å². The Hall–Kier alpha value is -5.66. The molecule has 0 bridgehead atoms. The third kappa shape index (κ3) is 3.65. The monoisotopic (exact) mass is 546 g/mol. The molecule has 0 aliphatic heterocycles. The minimum Gasteiger partial charge on any atom is -0.455 e. The molecule has 0 aliphatic carbocycles. The van der Waals surface area contributed by atoms with Crippen LogP contribution in [0.25, 0.3) is 87.6 Å². The molecular formula is C42H26O. The first-order valence-corrected chi connectivity index (χ1v) is 14.8. The van der Waals surface area contributed by atoms with Gasteiger partial charge in [0.15, 0.2) is 0 Å². The maximum Gasteiger partial charge on any atom is 0.143 e. The normalized spacial score (nSPS) is 11.7. The molecule has 43 heavy (non-hydrogen) atoms. The van der Waals surface area contributed by atoms with Crippen LogP contribution in [0.3, 0.4) is 0 Å². The fraction of sp³-hybridized carbons (Fsp3) is 0. The molecule has 1 aromatic heterocycles. The Morgan fingerprint density at radius 1 is 0.326 bits per heavy atom. The largest absolute Gasteiger partial charge is 0.455 e. The summed E-state index contributed by atoms with van der Waals surface area (Å²) in [6.07, 6.45) is 0. The SMILES string of the molecule is c1ccc(-c2ccccc2-c2c3ccccc3c(-c3cccc4c3oc3cc5ccccc5cc34)c3ccccc23)cc1. The van der Waals surface area contributed by atoms with Gasteiger partial charge >= 0.3 is 0 Å². The van der Waals surface area contributed by atoms with Crippen molar-refractivity contribution in [3.05, 3.63) is 158 Å². The highest BCUT2D eigenvalue weighted by molar-refractivity contribution is 6.25. The van der Waals surface area contributed by atoms with Crippen molar-refractivity contribution in [2.24, 2.45) is 0 Å². The van der Waals surface area contributed by atoms with Gasteiger partial charge in [-0.25, -0.2) is 0 Å². The number of furan rings is 1. The Morgan fingerprint density at radius 2 is 0.814 bits per heavy atom. The van der Waals surface area contributed by atoms with Gasteiger partial charge in [0.05, 0.1) is 0 Å². The average Bonchev–Trinajstić information content (AvgIpc) is 3.44. The topological polar surface area (TPSA) is 13.1 Å². The van der Waals surface area contributed by atoms with Crippen molar-refractivity contribution >= 4 is 54.3 Å². The first-order chi connectivity index (χ1) is 21.3. The fourth-order valence-electron chi connectivity index (χ4n) is 6.96. The van der Waals surface area contributed by atoms with Crippen molar-refractivity contribution < 1.29 is 4.42 Å². The van der Waals surface area contributed by atoms with Crippen LogP contribution in [0.15, 0.2) is 162 Å². The summed E-state index contributed by atoms with van der Waals surface area (Å²) in [5, 5.41) is 9.61. The van der Waals surface area contributed by atoms with Crippen LogP contribution >= 0.6 is 0 Å². The molecule has 0 N–H and O–H groups in total. The summed E-state index contributed by atoms with van der Waals surface area (Å²) >= 11 is 0. The van der Waals surface area contributed by atoms with Crippen LogP contribution in [0.5, 0.6) is 0 Å². The number of fused-ring (bicyclic) bond motifs is 6. The van der Waals surface area contributed by atoms with Crippen LogP contribution in [0, 0.1) is 0 Å². The van der Waals surface area contributed by atoms with E-state index in [0.717, 1.165) is 27.5 Å². The van der Waals surface area contributed by atoms with Gasteiger partial charge in [0.1, 0.15) is 11.2 Å². The predicted molar refractivity (Wildman–Crippen MR) is 183 cm³/mol. The average molecular weight is 547 g/mol. The lowest BCUT2D eigenvalue weighted by Crippen LogP contribution is -1.92. The lowest BCUT2D eigenvalue weighted by molar-refractivity contribution is 0.670. The van der Waals surface area contributed by atoms with Gasteiger partial charge in [-0.15, -0.1) is 0 Å². The van der Waals surface area contributed by atoms with E-state index in [0.29, 0.717) is 0 Å². The minimum atomic E-state index is 0.920. The molecule has 0 saturated heterocycles. The van der Waals surface area contributed by atoms with Crippen LogP contribution < -0.4 is 0 Å². The van der Waals surface area contributed by atoms with Crippen LogP contribution in [0.1, 0.15) is 0 Å². The molecule has 0 amide bonds. The van der Waals surface area contributed by atoms with E-state index >= 15 is 0 Å². The smallest absolute Gasteiger partial charge is 0.143 e. The van der Waals surface area contributed by atoms with Crippen molar-refractivity contribution in [2.75, 3.05) is 0 Å². The Labute approximate surface area is 249 Å². The summed E-state index contributed by atoms with van der Waals surface area (Å²) in [6.45, 7) is 0. The lowest BCUT2D eigenvalue weighted by Gasteiger charge is -2.19. The molecule has 0 spiro atoms. The molecule has 0 fully saturated rings. The Morgan fingerprint density at radius 3 is 1.49 bits per heavy atom. The molecule has 0 aliphatic rings. The zero-order valence-corrected chi connectivity index (χ0v) is 23.4. The zero-order valence-electron chi connectivity index (χ0n) is 23.4. The van der Waals surface area contributed by atoms with Crippen LogP contribution in [-0.4, -0.2) is 0 Å². The second kappa shape index (κ2) is 9.44. The van der Waals surface area contributed by atoms with E-state index in [9.17, 15) is 0 Å². The van der Waals surface area contributed by atoms with Gasteiger partial charge in [-0.05, 0) is 66.7 Å². The summed E-state index contributed by atoms with van der Waals surface area (Å²) in [7, 11) is 0. The molecule has 9 rings (SSSR count). The zero-order chi connectivity index (χ0) is 28.3. The highest BCUT2D eigenvalue weighted by Crippen LogP contribution is 2.48. The van der Waals surface area contributed by atoms with E-state index < -0.39 is 0 Å². The molecular weight excluding hydrogens is 520 g/mol. The second-order valence-electron chi connectivity index (χ2n) is 11.2. The number of para-hydroxylation sites is 1. The van der Waals surface area contributed by atoms with Crippen molar-refractivity contribution in [1.29, 1.82) is 0 Å². The molecule has 1 heteroatoms. The van der Waals surface area contributed by atoms with E-state index in [1.165, 1.54) is 60.1 Å². The molecule has 8 aromatic carbocycles. The Kier molecular flexibility index (Phi) is 5.27. The van der Waals surface area contributed by atoms with Crippen LogP contribution in [0.2, 0.25) is 0 Å². The number of benzene rings is 8. The van der Waals surface area contributed by atoms with E-state index in [4.69, 9.17) is 4.42 Å². The van der Waals surface area contributed by atoms with E-state index in [1.54, 1.807) is 0 Å². The maximum atomic E-state index is 6.74. The quantitative estimate of drug-likeness (QED) is 0.201. The highest BCUT2D eigenvalue weighted by Gasteiger charge is 2.21. The van der Waals surface area contributed by atoms with E-state index in [2.05, 4.69) is 158 Å². The van der Waals surface area contributed by atoms with Gasteiger partial charge in [0, 0.05) is 21.9 Å². The van der Waals surface area contributed by atoms with Crippen LogP contribution in [0.4, 0.5) is 0 Å². The first kappa shape index (κ1) is 24.0. The molecule has 0 saturated carbocycles. The van der Waals surface area contributed by atoms with Crippen molar-refractivity contribution in [3.63, 3.8) is 0 Å². The molecule has 0 unspecified atom stereocenters. The predicted octanol–water partition coefficient (Wildman–Crippen LogP) is 12.0. The Bertz CT molecular complexity index is 2440. The van der Waals surface area contributed by atoms with Crippen molar-refractivity contribution in [3.8, 4) is 33.4 Å². The van der Waals surface area contributed by atoms with E-state index in [-0.39, 0.29) is 0 Å². The molecule has 0 atom stereocenters. The molecule has 1 nitrogen and oxygen atoms in total. The van der Waals surface area contributed by atoms with Gasteiger partial charge in [0.2, 0.25) is 0 Å².